The molecule has 1 N–H and O–H groups in total. The molecule has 4 rings (SSSR count). The Balaban J connectivity index is 1.82. The number of benzene rings is 2. The summed E-state index contributed by atoms with van der Waals surface area (Å²) < 4.78 is 24.2. The van der Waals surface area contributed by atoms with Gasteiger partial charge < -0.3 is 14.5 Å². The molecule has 2 aromatic carbocycles. The van der Waals surface area contributed by atoms with Crippen molar-refractivity contribution in [3.63, 3.8) is 0 Å². The van der Waals surface area contributed by atoms with E-state index in [1.807, 2.05) is 18.2 Å². The number of nitrogens with one attached hydrogen (secondary N) is 1. The van der Waals surface area contributed by atoms with Gasteiger partial charge in [0.1, 0.15) is 24.9 Å². The number of H-pyrrole nitrogens is 1. The smallest absolute Gasteiger partial charge is 0.162 e. The van der Waals surface area contributed by atoms with E-state index in [1.165, 1.54) is 12.1 Å². The SMILES string of the molecule is Fc1ccc2nc(-c3ccc4c(c3)OCCO4)[nH]c2c1. The highest BCUT2D eigenvalue weighted by molar-refractivity contribution is 5.79. The molecule has 1 aliphatic rings. The van der Waals surface area contributed by atoms with Gasteiger partial charge in [-0.2, -0.15) is 0 Å². The van der Waals surface area contributed by atoms with Crippen LogP contribution in [0.1, 0.15) is 0 Å². The van der Waals surface area contributed by atoms with Crippen LogP contribution >= 0.6 is 0 Å². The van der Waals surface area contributed by atoms with Crippen LogP contribution in [0, 0.1) is 5.82 Å². The lowest BCUT2D eigenvalue weighted by atomic mass is 10.2. The van der Waals surface area contributed by atoms with Crippen molar-refractivity contribution >= 4 is 11.0 Å². The third kappa shape index (κ3) is 1.79. The number of nitrogens with zero attached hydrogens (tertiary/aromatic N) is 1. The summed E-state index contributed by atoms with van der Waals surface area (Å²) >= 11 is 0. The van der Waals surface area contributed by atoms with Crippen LogP contribution in [-0.4, -0.2) is 23.2 Å². The largest absolute Gasteiger partial charge is 0.486 e. The second kappa shape index (κ2) is 4.23. The van der Waals surface area contributed by atoms with Crippen molar-refractivity contribution in [3.05, 3.63) is 42.2 Å². The van der Waals surface area contributed by atoms with Crippen molar-refractivity contribution in [1.29, 1.82) is 0 Å². The summed E-state index contributed by atoms with van der Waals surface area (Å²) in [6.07, 6.45) is 0. The Hall–Kier alpha value is -2.56. The first-order chi connectivity index (χ1) is 9.79. The number of hydrogen-bond acceptors (Lipinski definition) is 3. The van der Waals surface area contributed by atoms with Gasteiger partial charge in [-0.05, 0) is 36.4 Å². The fraction of sp³-hybridized carbons (Fsp3) is 0.133. The summed E-state index contributed by atoms with van der Waals surface area (Å²) in [7, 11) is 0. The first kappa shape index (κ1) is 11.3. The van der Waals surface area contributed by atoms with Gasteiger partial charge in [-0.25, -0.2) is 9.37 Å². The van der Waals surface area contributed by atoms with E-state index in [9.17, 15) is 4.39 Å². The maximum Gasteiger partial charge on any atom is 0.162 e. The van der Waals surface area contributed by atoms with Gasteiger partial charge in [0.2, 0.25) is 0 Å². The molecule has 0 radical (unpaired) electrons. The van der Waals surface area contributed by atoms with Crippen LogP contribution in [0.3, 0.4) is 0 Å². The summed E-state index contributed by atoms with van der Waals surface area (Å²) in [5.41, 5.74) is 2.29. The summed E-state index contributed by atoms with van der Waals surface area (Å²) in [5, 5.41) is 0. The van der Waals surface area contributed by atoms with E-state index < -0.39 is 0 Å². The second-order valence-corrected chi connectivity index (χ2v) is 4.61. The van der Waals surface area contributed by atoms with Crippen molar-refractivity contribution in [2.24, 2.45) is 0 Å². The zero-order valence-corrected chi connectivity index (χ0v) is 10.5. The first-order valence-electron chi connectivity index (χ1n) is 6.35. The Labute approximate surface area is 114 Å². The molecule has 0 unspecified atom stereocenters. The quantitative estimate of drug-likeness (QED) is 0.739. The van der Waals surface area contributed by atoms with Crippen LogP contribution in [-0.2, 0) is 0 Å². The zero-order chi connectivity index (χ0) is 13.5. The van der Waals surface area contributed by atoms with Crippen LogP contribution in [0.15, 0.2) is 36.4 Å². The van der Waals surface area contributed by atoms with E-state index in [-0.39, 0.29) is 5.82 Å². The van der Waals surface area contributed by atoms with E-state index in [2.05, 4.69) is 9.97 Å². The Kier molecular flexibility index (Phi) is 2.39. The normalized spacial score (nSPS) is 13.7. The first-order valence-corrected chi connectivity index (χ1v) is 6.35. The number of hydrogen-bond donors (Lipinski definition) is 1. The average Bonchev–Trinajstić information content (AvgIpc) is 2.89. The van der Waals surface area contributed by atoms with Crippen molar-refractivity contribution in [2.45, 2.75) is 0 Å². The zero-order valence-electron chi connectivity index (χ0n) is 10.5. The minimum absolute atomic E-state index is 0.283. The van der Waals surface area contributed by atoms with Gasteiger partial charge in [0, 0.05) is 5.56 Å². The molecule has 3 aromatic rings. The number of fused-ring (bicyclic) bond motifs is 2. The van der Waals surface area contributed by atoms with E-state index in [1.54, 1.807) is 6.07 Å². The molecule has 1 aliphatic heterocycles. The number of halogens is 1. The number of aromatic nitrogens is 2. The molecular formula is C15H11FN2O2. The average molecular weight is 270 g/mol. The lowest BCUT2D eigenvalue weighted by Gasteiger charge is -2.18. The molecule has 0 saturated heterocycles. The summed E-state index contributed by atoms with van der Waals surface area (Å²) in [5.74, 6) is 1.85. The molecule has 0 aliphatic carbocycles. The van der Waals surface area contributed by atoms with Crippen molar-refractivity contribution in [3.8, 4) is 22.9 Å². The predicted molar refractivity (Wildman–Crippen MR) is 72.5 cm³/mol. The van der Waals surface area contributed by atoms with E-state index >= 15 is 0 Å². The van der Waals surface area contributed by atoms with E-state index in [0.717, 1.165) is 16.8 Å². The van der Waals surface area contributed by atoms with Crippen LogP contribution < -0.4 is 9.47 Å². The van der Waals surface area contributed by atoms with Crippen LogP contribution in [0.4, 0.5) is 4.39 Å². The molecule has 2 heterocycles. The van der Waals surface area contributed by atoms with E-state index in [4.69, 9.17) is 9.47 Å². The molecule has 0 fully saturated rings. The minimum Gasteiger partial charge on any atom is -0.486 e. The number of aromatic amines is 1. The minimum atomic E-state index is -0.283. The highest BCUT2D eigenvalue weighted by atomic mass is 19.1. The third-order valence-corrected chi connectivity index (χ3v) is 3.26. The maximum atomic E-state index is 13.2. The lowest BCUT2D eigenvalue weighted by molar-refractivity contribution is 0.171. The molecule has 0 spiro atoms. The van der Waals surface area contributed by atoms with Gasteiger partial charge in [-0.15, -0.1) is 0 Å². The Morgan fingerprint density at radius 1 is 1.00 bits per heavy atom. The molecule has 1 aromatic heterocycles. The summed E-state index contributed by atoms with van der Waals surface area (Å²) in [6, 6.07) is 10.1. The number of ether oxygens (including phenoxy) is 2. The van der Waals surface area contributed by atoms with Crippen LogP contribution in [0.5, 0.6) is 11.5 Å². The van der Waals surface area contributed by atoms with Crippen LogP contribution in [0.2, 0.25) is 0 Å². The van der Waals surface area contributed by atoms with Gasteiger partial charge in [0.05, 0.1) is 11.0 Å². The molecule has 0 atom stereocenters. The Morgan fingerprint density at radius 2 is 1.85 bits per heavy atom. The van der Waals surface area contributed by atoms with Crippen molar-refractivity contribution in [2.75, 3.05) is 13.2 Å². The van der Waals surface area contributed by atoms with Crippen LogP contribution in [0.25, 0.3) is 22.4 Å². The molecule has 20 heavy (non-hydrogen) atoms. The van der Waals surface area contributed by atoms with Gasteiger partial charge in [-0.3, -0.25) is 0 Å². The Morgan fingerprint density at radius 3 is 2.75 bits per heavy atom. The molecule has 4 nitrogen and oxygen atoms in total. The number of rotatable bonds is 1. The fourth-order valence-corrected chi connectivity index (χ4v) is 2.31. The van der Waals surface area contributed by atoms with Crippen molar-refractivity contribution < 1.29 is 13.9 Å². The molecule has 100 valence electrons. The van der Waals surface area contributed by atoms with Gasteiger partial charge in [-0.1, -0.05) is 0 Å². The third-order valence-electron chi connectivity index (χ3n) is 3.26. The molecule has 0 amide bonds. The second-order valence-electron chi connectivity index (χ2n) is 4.61. The summed E-state index contributed by atoms with van der Waals surface area (Å²) in [6.45, 7) is 1.11. The molecule has 0 saturated carbocycles. The van der Waals surface area contributed by atoms with Gasteiger partial charge >= 0.3 is 0 Å². The molecule has 0 bridgehead atoms. The van der Waals surface area contributed by atoms with Crippen molar-refractivity contribution in [1.82, 2.24) is 9.97 Å². The monoisotopic (exact) mass is 270 g/mol. The van der Waals surface area contributed by atoms with Gasteiger partial charge in [0.15, 0.2) is 11.5 Å². The molecule has 5 heteroatoms. The topological polar surface area (TPSA) is 47.1 Å². The lowest BCUT2D eigenvalue weighted by Crippen LogP contribution is -2.15. The maximum absolute atomic E-state index is 13.2. The highest BCUT2D eigenvalue weighted by Crippen LogP contribution is 2.34. The fourth-order valence-electron chi connectivity index (χ4n) is 2.31. The Bertz CT molecular complexity index is 798. The highest BCUT2D eigenvalue weighted by Gasteiger charge is 2.14. The van der Waals surface area contributed by atoms with E-state index in [0.29, 0.717) is 30.3 Å². The standard InChI is InChI=1S/C15H11FN2O2/c16-10-2-3-11-12(8-10)18-15(17-11)9-1-4-13-14(7-9)20-6-5-19-13/h1-4,7-8H,5-6H2,(H,17,18). The van der Waals surface area contributed by atoms with Gasteiger partial charge in [0.25, 0.3) is 0 Å². The molecular weight excluding hydrogens is 259 g/mol. The number of imidazole rings is 1. The summed E-state index contributed by atoms with van der Waals surface area (Å²) in [4.78, 5) is 7.57. The predicted octanol–water partition coefficient (Wildman–Crippen LogP) is 3.14.